The van der Waals surface area contributed by atoms with Crippen LogP contribution in [0.1, 0.15) is 25.7 Å². The van der Waals surface area contributed by atoms with E-state index in [1.807, 2.05) is 0 Å². The Kier molecular flexibility index (Phi) is 1.44. The van der Waals surface area contributed by atoms with E-state index in [0.29, 0.717) is 0 Å². The number of hydrogen-bond acceptors (Lipinski definition) is 2. The van der Waals surface area contributed by atoms with Crippen LogP contribution in [0.25, 0.3) is 0 Å². The van der Waals surface area contributed by atoms with Crippen LogP contribution in [-0.2, 0) is 9.59 Å². The van der Waals surface area contributed by atoms with Crippen molar-refractivity contribution < 1.29 is 9.59 Å². The first kappa shape index (κ1) is 6.83. The van der Waals surface area contributed by atoms with E-state index in [1.54, 1.807) is 4.90 Å². The summed E-state index contributed by atoms with van der Waals surface area (Å²) in [6.45, 7) is 0.801. The van der Waals surface area contributed by atoms with Crippen LogP contribution in [0.3, 0.4) is 0 Å². The highest BCUT2D eigenvalue weighted by atomic mass is 16.2. The highest BCUT2D eigenvalue weighted by Gasteiger charge is 2.39. The monoisotopic (exact) mass is 153 g/mol. The lowest BCUT2D eigenvalue weighted by Crippen LogP contribution is -2.39. The van der Waals surface area contributed by atoms with Crippen molar-refractivity contribution in [2.75, 3.05) is 6.54 Å². The molecule has 0 aromatic heterocycles. The molecule has 0 bridgehead atoms. The van der Waals surface area contributed by atoms with Gasteiger partial charge in [-0.25, -0.2) is 0 Å². The maximum absolute atomic E-state index is 11.2. The SMILES string of the molecule is O=C1CC(=O)N2CCCCC12. The van der Waals surface area contributed by atoms with Crippen molar-refractivity contribution >= 4 is 11.7 Å². The minimum Gasteiger partial charge on any atom is -0.332 e. The van der Waals surface area contributed by atoms with Crippen LogP contribution >= 0.6 is 0 Å². The van der Waals surface area contributed by atoms with Crippen molar-refractivity contribution in [1.29, 1.82) is 0 Å². The molecule has 2 heterocycles. The molecule has 1 amide bonds. The molecule has 2 saturated heterocycles. The maximum atomic E-state index is 11.2. The number of nitrogens with zero attached hydrogens (tertiary/aromatic N) is 1. The second-order valence-electron chi connectivity index (χ2n) is 3.24. The van der Waals surface area contributed by atoms with E-state index in [0.717, 1.165) is 25.8 Å². The fraction of sp³-hybridized carbons (Fsp3) is 0.750. The number of hydrogen-bond donors (Lipinski definition) is 0. The predicted octanol–water partition coefficient (Wildman–Crippen LogP) is 0.340. The molecule has 3 heteroatoms. The first-order valence-corrected chi connectivity index (χ1v) is 4.11. The number of ketones is 1. The van der Waals surface area contributed by atoms with E-state index >= 15 is 0 Å². The van der Waals surface area contributed by atoms with Gasteiger partial charge in [-0.15, -0.1) is 0 Å². The smallest absolute Gasteiger partial charge is 0.230 e. The Morgan fingerprint density at radius 3 is 2.82 bits per heavy atom. The van der Waals surface area contributed by atoms with Gasteiger partial charge in [0.05, 0.1) is 12.5 Å². The van der Waals surface area contributed by atoms with Gasteiger partial charge < -0.3 is 4.90 Å². The molecule has 2 aliphatic heterocycles. The molecule has 3 nitrogen and oxygen atoms in total. The van der Waals surface area contributed by atoms with Gasteiger partial charge in [-0.3, -0.25) is 9.59 Å². The van der Waals surface area contributed by atoms with Crippen LogP contribution < -0.4 is 0 Å². The van der Waals surface area contributed by atoms with Crippen LogP contribution in [0, 0.1) is 0 Å². The van der Waals surface area contributed by atoms with E-state index < -0.39 is 0 Å². The number of Topliss-reactive ketones (excluding diaryl/α,β-unsaturated/α-hetero) is 1. The number of carbonyl (C=O) groups is 2. The molecule has 2 aliphatic rings. The van der Waals surface area contributed by atoms with Gasteiger partial charge in [0.2, 0.25) is 5.91 Å². The third kappa shape index (κ3) is 0.951. The van der Waals surface area contributed by atoms with Gasteiger partial charge >= 0.3 is 0 Å². The number of fused-ring (bicyclic) bond motifs is 1. The summed E-state index contributed by atoms with van der Waals surface area (Å²) in [5.41, 5.74) is 0. The average molecular weight is 153 g/mol. The molecule has 0 radical (unpaired) electrons. The third-order valence-corrected chi connectivity index (χ3v) is 2.52. The fourth-order valence-electron chi connectivity index (χ4n) is 1.93. The molecule has 0 aliphatic carbocycles. The first-order chi connectivity index (χ1) is 5.29. The van der Waals surface area contributed by atoms with E-state index in [4.69, 9.17) is 0 Å². The van der Waals surface area contributed by atoms with E-state index in [1.165, 1.54) is 0 Å². The molecule has 2 fully saturated rings. The minimum absolute atomic E-state index is 0.0414. The molecular weight excluding hydrogens is 142 g/mol. The van der Waals surface area contributed by atoms with Crippen LogP contribution in [0.15, 0.2) is 0 Å². The van der Waals surface area contributed by atoms with Gasteiger partial charge in [-0.2, -0.15) is 0 Å². The Balaban J connectivity index is 2.19. The predicted molar refractivity (Wildman–Crippen MR) is 39.0 cm³/mol. The highest BCUT2D eigenvalue weighted by molar-refractivity contribution is 6.07. The summed E-state index contributed by atoms with van der Waals surface area (Å²) in [5, 5.41) is 0. The van der Waals surface area contributed by atoms with Gasteiger partial charge in [-0.05, 0) is 19.3 Å². The van der Waals surface area contributed by atoms with E-state index in [-0.39, 0.29) is 24.2 Å². The number of piperidine rings is 1. The molecule has 11 heavy (non-hydrogen) atoms. The largest absolute Gasteiger partial charge is 0.332 e. The van der Waals surface area contributed by atoms with Crippen molar-refractivity contribution in [1.82, 2.24) is 4.90 Å². The lowest BCUT2D eigenvalue weighted by atomic mass is 10.0. The van der Waals surface area contributed by atoms with Crippen LogP contribution in [0.2, 0.25) is 0 Å². The van der Waals surface area contributed by atoms with Crippen LogP contribution in [0.5, 0.6) is 0 Å². The highest BCUT2D eigenvalue weighted by Crippen LogP contribution is 2.24. The van der Waals surface area contributed by atoms with Crippen molar-refractivity contribution in [3.8, 4) is 0 Å². The molecule has 0 N–H and O–H groups in total. The molecule has 0 aromatic rings. The van der Waals surface area contributed by atoms with Crippen LogP contribution in [-0.4, -0.2) is 29.2 Å². The van der Waals surface area contributed by atoms with E-state index in [2.05, 4.69) is 0 Å². The third-order valence-electron chi connectivity index (χ3n) is 2.52. The molecule has 1 atom stereocenters. The summed E-state index contributed by atoms with van der Waals surface area (Å²) in [4.78, 5) is 24.0. The van der Waals surface area contributed by atoms with E-state index in [9.17, 15) is 9.59 Å². The summed E-state index contributed by atoms with van der Waals surface area (Å²) in [5.74, 6) is 0.175. The second kappa shape index (κ2) is 2.32. The standard InChI is InChI=1S/C8H11NO2/c10-7-5-8(11)9-4-2-1-3-6(7)9/h6H,1-5H2. The summed E-state index contributed by atoms with van der Waals surface area (Å²) >= 11 is 0. The summed E-state index contributed by atoms with van der Waals surface area (Å²) in [7, 11) is 0. The second-order valence-corrected chi connectivity index (χ2v) is 3.24. The Hall–Kier alpha value is -0.860. The Bertz CT molecular complexity index is 190. The normalized spacial score (nSPS) is 30.9. The zero-order valence-corrected chi connectivity index (χ0v) is 6.38. The van der Waals surface area contributed by atoms with Crippen molar-refractivity contribution in [3.05, 3.63) is 0 Å². The van der Waals surface area contributed by atoms with Crippen molar-refractivity contribution in [3.63, 3.8) is 0 Å². The summed E-state index contributed by atoms with van der Waals surface area (Å²) < 4.78 is 0. The molecule has 2 rings (SSSR count). The Morgan fingerprint density at radius 2 is 2.09 bits per heavy atom. The number of amides is 1. The van der Waals surface area contributed by atoms with Gasteiger partial charge in [0, 0.05) is 6.54 Å². The quantitative estimate of drug-likeness (QED) is 0.470. The minimum atomic E-state index is -0.0451. The maximum Gasteiger partial charge on any atom is 0.230 e. The zero-order valence-electron chi connectivity index (χ0n) is 6.38. The van der Waals surface area contributed by atoms with Gasteiger partial charge in [0.25, 0.3) is 0 Å². The summed E-state index contributed by atoms with van der Waals surface area (Å²) in [6.07, 6.45) is 3.21. The fourth-order valence-corrected chi connectivity index (χ4v) is 1.93. The zero-order chi connectivity index (χ0) is 7.84. The topological polar surface area (TPSA) is 37.4 Å². The van der Waals surface area contributed by atoms with Crippen molar-refractivity contribution in [2.45, 2.75) is 31.7 Å². The molecule has 1 unspecified atom stereocenters. The average Bonchev–Trinajstić information content (AvgIpc) is 2.30. The lowest BCUT2D eigenvalue weighted by molar-refractivity contribution is -0.129. The number of carbonyl (C=O) groups excluding carboxylic acids is 2. The van der Waals surface area contributed by atoms with Gasteiger partial charge in [-0.1, -0.05) is 0 Å². The molecule has 0 saturated carbocycles. The lowest BCUT2D eigenvalue weighted by Gasteiger charge is -2.27. The van der Waals surface area contributed by atoms with Crippen LogP contribution in [0.4, 0.5) is 0 Å². The molecular formula is C8H11NO2. The Labute approximate surface area is 65.4 Å². The molecule has 60 valence electrons. The Morgan fingerprint density at radius 1 is 1.27 bits per heavy atom. The number of rotatable bonds is 0. The van der Waals surface area contributed by atoms with Crippen molar-refractivity contribution in [2.24, 2.45) is 0 Å². The summed E-state index contributed by atoms with van der Waals surface area (Å²) in [6, 6.07) is -0.0451. The van der Waals surface area contributed by atoms with Gasteiger partial charge in [0.1, 0.15) is 0 Å². The molecule has 0 spiro atoms. The van der Waals surface area contributed by atoms with Gasteiger partial charge in [0.15, 0.2) is 5.78 Å². The first-order valence-electron chi connectivity index (χ1n) is 4.11. The molecule has 0 aromatic carbocycles.